The van der Waals surface area contributed by atoms with Crippen molar-refractivity contribution in [2.24, 2.45) is 0 Å². The summed E-state index contributed by atoms with van der Waals surface area (Å²) in [5, 5.41) is 9.84. The summed E-state index contributed by atoms with van der Waals surface area (Å²) in [7, 11) is 0. The van der Waals surface area contributed by atoms with E-state index in [4.69, 9.17) is 16.1 Å². The van der Waals surface area contributed by atoms with Gasteiger partial charge in [-0.2, -0.15) is 4.74 Å². The van der Waals surface area contributed by atoms with Gasteiger partial charge in [0.05, 0.1) is 21.3 Å². The van der Waals surface area contributed by atoms with E-state index in [0.717, 1.165) is 4.74 Å². The fraction of sp³-hybridized carbons (Fsp3) is 0.385. The zero-order chi connectivity index (χ0) is 14.5. The molecule has 0 aliphatic heterocycles. The van der Waals surface area contributed by atoms with Gasteiger partial charge in [-0.1, -0.05) is 11.6 Å². The summed E-state index contributed by atoms with van der Waals surface area (Å²) in [5.41, 5.74) is -1.54. The molecule has 0 atom stereocenters. The molecule has 0 radical (unpaired) electrons. The Kier molecular flexibility index (Phi) is 2.97. The molecule has 19 heavy (non-hydrogen) atoms. The third-order valence-electron chi connectivity index (χ3n) is 2.89. The van der Waals surface area contributed by atoms with Gasteiger partial charge in [-0.15, -0.1) is 0 Å². The van der Waals surface area contributed by atoms with Crippen LogP contribution < -0.4 is 11.2 Å². The number of halogens is 1. The van der Waals surface area contributed by atoms with Crippen molar-refractivity contribution in [3.05, 3.63) is 37.4 Å². The lowest BCUT2D eigenvalue weighted by Crippen LogP contribution is -2.36. The van der Waals surface area contributed by atoms with Crippen LogP contribution in [0.4, 0.5) is 0 Å². The van der Waals surface area contributed by atoms with Crippen LogP contribution in [0.2, 0.25) is 5.02 Å². The monoisotopic (exact) mass is 283 g/mol. The van der Waals surface area contributed by atoms with Crippen LogP contribution in [0.5, 0.6) is 5.75 Å². The fourth-order valence-electron chi connectivity index (χ4n) is 1.82. The van der Waals surface area contributed by atoms with Gasteiger partial charge in [-0.25, -0.2) is 4.79 Å². The van der Waals surface area contributed by atoms with E-state index >= 15 is 0 Å². The van der Waals surface area contributed by atoms with Gasteiger partial charge in [0.1, 0.15) is 5.75 Å². The quantitative estimate of drug-likeness (QED) is 0.806. The zero-order valence-corrected chi connectivity index (χ0v) is 11.8. The summed E-state index contributed by atoms with van der Waals surface area (Å²) in [4.78, 5) is 24.3. The molecule has 0 unspecified atom stereocenters. The van der Waals surface area contributed by atoms with E-state index in [2.05, 4.69) is 0 Å². The summed E-state index contributed by atoms with van der Waals surface area (Å²) < 4.78 is 6.03. The molecule has 1 aromatic carbocycles. The molecule has 102 valence electrons. The second-order valence-electron chi connectivity index (χ2n) is 5.41. The van der Waals surface area contributed by atoms with Crippen molar-refractivity contribution in [1.82, 2.24) is 4.74 Å². The van der Waals surface area contributed by atoms with Crippen molar-refractivity contribution in [3.63, 3.8) is 0 Å². The minimum Gasteiger partial charge on any atom is -0.508 e. The Bertz CT molecular complexity index is 780. The summed E-state index contributed by atoms with van der Waals surface area (Å²) in [6.07, 6.45) is 0. The average molecular weight is 284 g/mol. The van der Waals surface area contributed by atoms with E-state index in [0.29, 0.717) is 5.56 Å². The molecule has 1 aromatic heterocycles. The smallest absolute Gasteiger partial charge is 0.365 e. The predicted molar refractivity (Wildman–Crippen MR) is 73.2 cm³/mol. The molecule has 0 fully saturated rings. The van der Waals surface area contributed by atoms with Gasteiger partial charge in [-0.05, 0) is 33.8 Å². The number of aromatic hydroxyl groups is 1. The van der Waals surface area contributed by atoms with Crippen LogP contribution in [0.1, 0.15) is 26.3 Å². The average Bonchev–Trinajstić information content (AvgIpc) is 2.28. The number of benzene rings is 1. The maximum absolute atomic E-state index is 12.3. The van der Waals surface area contributed by atoms with Crippen LogP contribution >= 0.6 is 11.6 Å². The van der Waals surface area contributed by atoms with Crippen molar-refractivity contribution >= 4 is 22.4 Å². The second-order valence-corrected chi connectivity index (χ2v) is 5.78. The van der Waals surface area contributed by atoms with E-state index in [9.17, 15) is 14.7 Å². The van der Waals surface area contributed by atoms with Gasteiger partial charge in [0.2, 0.25) is 0 Å². The Morgan fingerprint density at radius 1 is 1.32 bits per heavy atom. The second kappa shape index (κ2) is 4.13. The molecule has 0 aliphatic rings. The first-order valence-corrected chi connectivity index (χ1v) is 6.11. The molecule has 0 aliphatic carbocycles. The van der Waals surface area contributed by atoms with Crippen LogP contribution in [0.25, 0.3) is 10.8 Å². The van der Waals surface area contributed by atoms with Crippen molar-refractivity contribution in [3.8, 4) is 5.75 Å². The Labute approximate surface area is 114 Å². The summed E-state index contributed by atoms with van der Waals surface area (Å²) in [6.45, 7) is 6.77. The Balaban J connectivity index is 3.09. The number of rotatable bonds is 0. The molecule has 2 aromatic rings. The first-order chi connectivity index (χ1) is 8.64. The van der Waals surface area contributed by atoms with E-state index in [-0.39, 0.29) is 21.5 Å². The van der Waals surface area contributed by atoms with Crippen molar-refractivity contribution < 1.29 is 9.63 Å². The highest BCUT2D eigenvalue weighted by atomic mass is 35.5. The third-order valence-corrected chi connectivity index (χ3v) is 3.36. The summed E-state index contributed by atoms with van der Waals surface area (Å²) in [5.74, 6) is -0.124. The normalized spacial score (nSPS) is 12.1. The van der Waals surface area contributed by atoms with Crippen LogP contribution in [0, 0.1) is 6.92 Å². The van der Waals surface area contributed by atoms with E-state index in [1.165, 1.54) is 6.07 Å². The maximum atomic E-state index is 12.3. The molecule has 0 amide bonds. The highest BCUT2D eigenvalue weighted by molar-refractivity contribution is 6.36. The number of fused-ring (bicyclic) bond motifs is 1. The maximum Gasteiger partial charge on any atom is 0.365 e. The lowest BCUT2D eigenvalue weighted by Gasteiger charge is -2.19. The lowest BCUT2D eigenvalue weighted by atomic mass is 10.1. The summed E-state index contributed by atoms with van der Waals surface area (Å²) in [6, 6.07) is 1.25. The van der Waals surface area contributed by atoms with Crippen molar-refractivity contribution in [1.29, 1.82) is 0 Å². The molecular formula is C13H14ClNO4. The molecule has 6 heteroatoms. The molecule has 0 bridgehead atoms. The number of phenols is 1. The minimum absolute atomic E-state index is 0.00228. The van der Waals surface area contributed by atoms with Gasteiger partial charge >= 0.3 is 5.63 Å². The zero-order valence-electron chi connectivity index (χ0n) is 11.1. The molecular weight excluding hydrogens is 270 g/mol. The standard InChI is InChI=1S/C13H14ClNO4/c1-6-8(16)5-7-9(10(6)14)12(18)19-15(11(7)17)13(2,3)4/h5,16H,1-4H3. The largest absolute Gasteiger partial charge is 0.508 e. The van der Waals surface area contributed by atoms with Crippen molar-refractivity contribution in [2.45, 2.75) is 33.2 Å². The topological polar surface area (TPSA) is 72.4 Å². The molecule has 2 rings (SSSR count). The van der Waals surface area contributed by atoms with Gasteiger partial charge < -0.3 is 9.63 Å². The molecule has 0 spiro atoms. The first kappa shape index (κ1) is 13.7. The van der Waals surface area contributed by atoms with Crippen LogP contribution in [-0.2, 0) is 5.54 Å². The Morgan fingerprint density at radius 2 is 1.89 bits per heavy atom. The van der Waals surface area contributed by atoms with Crippen LogP contribution in [0.15, 0.2) is 20.2 Å². The van der Waals surface area contributed by atoms with Crippen molar-refractivity contribution in [2.75, 3.05) is 0 Å². The number of phenolic OH excluding ortho intramolecular Hbond substituents is 1. The number of hydrogen-bond acceptors (Lipinski definition) is 4. The summed E-state index contributed by atoms with van der Waals surface area (Å²) >= 11 is 6.01. The first-order valence-electron chi connectivity index (χ1n) is 5.73. The minimum atomic E-state index is -0.697. The van der Waals surface area contributed by atoms with E-state index in [1.807, 2.05) is 0 Å². The third kappa shape index (κ3) is 2.04. The molecule has 0 saturated carbocycles. The molecule has 0 saturated heterocycles. The number of hydrogen-bond donors (Lipinski definition) is 1. The van der Waals surface area contributed by atoms with Crippen LogP contribution in [-0.4, -0.2) is 9.85 Å². The van der Waals surface area contributed by atoms with Gasteiger partial charge in [0, 0.05) is 5.56 Å². The highest BCUT2D eigenvalue weighted by Gasteiger charge is 2.23. The SMILES string of the molecule is Cc1c(O)cc2c(=O)n(C(C)(C)C)oc(=O)c2c1Cl. The van der Waals surface area contributed by atoms with E-state index < -0.39 is 16.7 Å². The Morgan fingerprint density at radius 3 is 2.42 bits per heavy atom. The van der Waals surface area contributed by atoms with Crippen LogP contribution in [0.3, 0.4) is 0 Å². The Hall–Kier alpha value is -1.75. The lowest BCUT2D eigenvalue weighted by molar-refractivity contribution is 0.135. The van der Waals surface area contributed by atoms with Gasteiger partial charge in [-0.3, -0.25) is 4.79 Å². The van der Waals surface area contributed by atoms with Gasteiger partial charge in [0.25, 0.3) is 5.56 Å². The molecule has 1 heterocycles. The number of nitrogens with zero attached hydrogens (tertiary/aromatic N) is 1. The fourth-order valence-corrected chi connectivity index (χ4v) is 2.10. The van der Waals surface area contributed by atoms with E-state index in [1.54, 1.807) is 27.7 Å². The predicted octanol–water partition coefficient (Wildman–Crippen LogP) is 2.38. The molecule has 1 N–H and O–H groups in total. The highest BCUT2D eigenvalue weighted by Crippen LogP contribution is 2.30. The number of aromatic nitrogens is 1. The molecule has 5 nitrogen and oxygen atoms in total. The van der Waals surface area contributed by atoms with Gasteiger partial charge in [0.15, 0.2) is 0 Å².